The monoisotopic (exact) mass is 246 g/mol. The topological polar surface area (TPSA) is 18.5 Å². The summed E-state index contributed by atoms with van der Waals surface area (Å²) in [5, 5.41) is 0. The van der Waals surface area contributed by atoms with E-state index in [1.54, 1.807) is 14.2 Å². The summed E-state index contributed by atoms with van der Waals surface area (Å²) in [5.74, 6) is 1.87. The summed E-state index contributed by atoms with van der Waals surface area (Å²) in [6.45, 7) is 6.11. The van der Waals surface area contributed by atoms with Gasteiger partial charge in [0.05, 0.1) is 14.2 Å². The second kappa shape index (κ2) is 6.90. The molecule has 0 unspecified atom stereocenters. The average Bonchev–Trinajstić information content (AvgIpc) is 2.34. The van der Waals surface area contributed by atoms with E-state index >= 15 is 0 Å². The fourth-order valence-corrected chi connectivity index (χ4v) is 2.07. The van der Waals surface area contributed by atoms with Crippen LogP contribution in [-0.2, 0) is 11.2 Å². The van der Waals surface area contributed by atoms with Crippen LogP contribution >= 0.6 is 0 Å². The first-order chi connectivity index (χ1) is 8.62. The standard InChI is InChI=1S/C16H22O2/c1-6-15(17-4)9-7-8-14-10-12(2)16(18-5)13(3)11-14/h6-7,9-11H,8H2,1-5H3/b9-7+,15-6+. The van der Waals surface area contributed by atoms with Crippen molar-refractivity contribution in [3.8, 4) is 5.75 Å². The van der Waals surface area contributed by atoms with Crippen LogP contribution in [0.4, 0.5) is 0 Å². The van der Waals surface area contributed by atoms with Crippen molar-refractivity contribution in [2.75, 3.05) is 14.2 Å². The summed E-state index contributed by atoms with van der Waals surface area (Å²) in [6, 6.07) is 4.33. The lowest BCUT2D eigenvalue weighted by atomic mass is 10.0. The van der Waals surface area contributed by atoms with Gasteiger partial charge in [0.1, 0.15) is 11.5 Å². The molecule has 0 bridgehead atoms. The summed E-state index contributed by atoms with van der Waals surface area (Å²) in [7, 11) is 3.40. The van der Waals surface area contributed by atoms with Gasteiger partial charge in [-0.1, -0.05) is 18.2 Å². The number of hydrogen-bond acceptors (Lipinski definition) is 2. The number of allylic oxidation sites excluding steroid dienone is 3. The van der Waals surface area contributed by atoms with Gasteiger partial charge in [-0.25, -0.2) is 0 Å². The highest BCUT2D eigenvalue weighted by atomic mass is 16.5. The molecule has 0 heterocycles. The molecule has 0 N–H and O–H groups in total. The Hall–Kier alpha value is -1.70. The van der Waals surface area contributed by atoms with Crippen LogP contribution in [0.3, 0.4) is 0 Å². The van der Waals surface area contributed by atoms with Gasteiger partial charge in [0.25, 0.3) is 0 Å². The molecule has 0 saturated heterocycles. The maximum Gasteiger partial charge on any atom is 0.124 e. The van der Waals surface area contributed by atoms with E-state index in [0.29, 0.717) is 0 Å². The Morgan fingerprint density at radius 3 is 2.22 bits per heavy atom. The zero-order valence-electron chi connectivity index (χ0n) is 11.9. The molecule has 1 rings (SSSR count). The van der Waals surface area contributed by atoms with Gasteiger partial charge in [-0.3, -0.25) is 0 Å². The van der Waals surface area contributed by atoms with Crippen molar-refractivity contribution in [3.05, 3.63) is 52.8 Å². The first-order valence-corrected chi connectivity index (χ1v) is 6.13. The molecule has 98 valence electrons. The first kappa shape index (κ1) is 14.4. The molecule has 0 amide bonds. The molecule has 18 heavy (non-hydrogen) atoms. The minimum absolute atomic E-state index is 0.886. The maximum atomic E-state index is 5.36. The van der Waals surface area contributed by atoms with E-state index in [0.717, 1.165) is 17.9 Å². The van der Waals surface area contributed by atoms with Crippen LogP contribution in [0, 0.1) is 13.8 Å². The van der Waals surface area contributed by atoms with Crippen molar-refractivity contribution in [1.82, 2.24) is 0 Å². The van der Waals surface area contributed by atoms with E-state index in [-0.39, 0.29) is 0 Å². The van der Waals surface area contributed by atoms with Gasteiger partial charge in [0, 0.05) is 0 Å². The van der Waals surface area contributed by atoms with E-state index in [9.17, 15) is 0 Å². The van der Waals surface area contributed by atoms with E-state index in [2.05, 4.69) is 32.1 Å². The van der Waals surface area contributed by atoms with Crippen LogP contribution < -0.4 is 4.74 Å². The molecule has 0 aliphatic rings. The van der Waals surface area contributed by atoms with Crippen LogP contribution in [0.1, 0.15) is 23.6 Å². The lowest BCUT2D eigenvalue weighted by molar-refractivity contribution is 0.306. The third-order valence-electron chi connectivity index (χ3n) is 2.88. The third-order valence-corrected chi connectivity index (χ3v) is 2.88. The number of aryl methyl sites for hydroxylation is 2. The molecule has 0 saturated carbocycles. The quantitative estimate of drug-likeness (QED) is 0.578. The molecule has 2 heteroatoms. The molecular weight excluding hydrogens is 224 g/mol. The number of ether oxygens (including phenoxy) is 2. The lowest BCUT2D eigenvalue weighted by Crippen LogP contribution is -1.93. The fraction of sp³-hybridized carbons (Fsp3) is 0.375. The minimum Gasteiger partial charge on any atom is -0.497 e. The second-order valence-corrected chi connectivity index (χ2v) is 4.26. The summed E-state index contributed by atoms with van der Waals surface area (Å²) < 4.78 is 10.5. The smallest absolute Gasteiger partial charge is 0.124 e. The van der Waals surface area contributed by atoms with E-state index in [1.807, 2.05) is 19.1 Å². The summed E-state index contributed by atoms with van der Waals surface area (Å²) in [5.41, 5.74) is 3.64. The summed E-state index contributed by atoms with van der Waals surface area (Å²) >= 11 is 0. The Morgan fingerprint density at radius 2 is 1.78 bits per heavy atom. The highest BCUT2D eigenvalue weighted by Crippen LogP contribution is 2.24. The molecule has 0 spiro atoms. The van der Waals surface area contributed by atoms with Gasteiger partial charge in [0.15, 0.2) is 0 Å². The first-order valence-electron chi connectivity index (χ1n) is 6.13. The average molecular weight is 246 g/mol. The van der Waals surface area contributed by atoms with Gasteiger partial charge < -0.3 is 9.47 Å². The Bertz CT molecular complexity index is 433. The van der Waals surface area contributed by atoms with Crippen molar-refractivity contribution >= 4 is 0 Å². The molecule has 0 fully saturated rings. The van der Waals surface area contributed by atoms with Gasteiger partial charge in [-0.05, 0) is 56.0 Å². The Labute approximate surface area is 110 Å². The fourth-order valence-electron chi connectivity index (χ4n) is 2.07. The van der Waals surface area contributed by atoms with E-state index in [1.165, 1.54) is 16.7 Å². The van der Waals surface area contributed by atoms with Gasteiger partial charge in [-0.15, -0.1) is 0 Å². The molecule has 0 aliphatic carbocycles. The minimum atomic E-state index is 0.886. The van der Waals surface area contributed by atoms with Crippen LogP contribution in [0.25, 0.3) is 0 Å². The molecule has 1 aromatic rings. The third kappa shape index (κ3) is 3.66. The van der Waals surface area contributed by atoms with Crippen molar-refractivity contribution < 1.29 is 9.47 Å². The maximum absolute atomic E-state index is 5.36. The normalized spacial score (nSPS) is 11.9. The number of methoxy groups -OCH3 is 2. The van der Waals surface area contributed by atoms with Gasteiger partial charge >= 0.3 is 0 Å². The Balaban J connectivity index is 2.81. The van der Waals surface area contributed by atoms with Gasteiger partial charge in [0.2, 0.25) is 0 Å². The van der Waals surface area contributed by atoms with Crippen LogP contribution in [-0.4, -0.2) is 14.2 Å². The van der Waals surface area contributed by atoms with Crippen molar-refractivity contribution in [2.45, 2.75) is 27.2 Å². The number of rotatable bonds is 5. The number of hydrogen-bond donors (Lipinski definition) is 0. The highest BCUT2D eigenvalue weighted by Gasteiger charge is 2.04. The summed E-state index contributed by atoms with van der Waals surface area (Å²) in [4.78, 5) is 0. The molecular formula is C16H22O2. The molecule has 0 atom stereocenters. The highest BCUT2D eigenvalue weighted by molar-refractivity contribution is 5.43. The predicted molar refractivity (Wildman–Crippen MR) is 76.1 cm³/mol. The van der Waals surface area contributed by atoms with E-state index < -0.39 is 0 Å². The zero-order chi connectivity index (χ0) is 13.5. The molecule has 1 aromatic carbocycles. The predicted octanol–water partition coefficient (Wildman–Crippen LogP) is 3.96. The second-order valence-electron chi connectivity index (χ2n) is 4.26. The van der Waals surface area contributed by atoms with Crippen molar-refractivity contribution in [2.24, 2.45) is 0 Å². The summed E-state index contributed by atoms with van der Waals surface area (Å²) in [6.07, 6.45) is 6.95. The largest absolute Gasteiger partial charge is 0.497 e. The van der Waals surface area contributed by atoms with E-state index in [4.69, 9.17) is 9.47 Å². The molecule has 2 nitrogen and oxygen atoms in total. The zero-order valence-corrected chi connectivity index (χ0v) is 11.9. The molecule has 0 radical (unpaired) electrons. The number of benzene rings is 1. The van der Waals surface area contributed by atoms with Gasteiger partial charge in [-0.2, -0.15) is 0 Å². The molecule has 0 aromatic heterocycles. The molecule has 0 aliphatic heterocycles. The Morgan fingerprint density at radius 1 is 1.17 bits per heavy atom. The Kier molecular flexibility index (Phi) is 5.50. The SMILES string of the molecule is C/C=C(\C=C\Cc1cc(C)c(OC)c(C)c1)OC. The lowest BCUT2D eigenvalue weighted by Gasteiger charge is -2.10. The van der Waals surface area contributed by atoms with Crippen LogP contribution in [0.2, 0.25) is 0 Å². The van der Waals surface area contributed by atoms with Crippen molar-refractivity contribution in [1.29, 1.82) is 0 Å². The van der Waals surface area contributed by atoms with Crippen LogP contribution in [0.5, 0.6) is 5.75 Å². The van der Waals surface area contributed by atoms with Crippen LogP contribution in [0.15, 0.2) is 36.1 Å². The van der Waals surface area contributed by atoms with Crippen molar-refractivity contribution in [3.63, 3.8) is 0 Å².